The molecule has 0 radical (unpaired) electrons. The molecule has 128 valence electrons. The Morgan fingerprint density at radius 1 is 1.20 bits per heavy atom. The van der Waals surface area contributed by atoms with Crippen molar-refractivity contribution in [1.82, 2.24) is 0 Å². The molecule has 25 heavy (non-hydrogen) atoms. The fourth-order valence-electron chi connectivity index (χ4n) is 3.24. The molecule has 2 fully saturated rings. The first-order valence-corrected chi connectivity index (χ1v) is 8.54. The molecular weight excluding hydrogens is 316 g/mol. The van der Waals surface area contributed by atoms with Crippen molar-refractivity contribution < 1.29 is 14.3 Å². The minimum atomic E-state index is -0.363. The van der Waals surface area contributed by atoms with Gasteiger partial charge in [0.1, 0.15) is 6.61 Å². The summed E-state index contributed by atoms with van der Waals surface area (Å²) in [4.78, 5) is 25.8. The van der Waals surface area contributed by atoms with Crippen molar-refractivity contribution in [2.75, 3.05) is 18.1 Å². The Hall–Kier alpha value is -2.66. The highest BCUT2D eigenvalue weighted by Crippen LogP contribution is 2.38. The second-order valence-corrected chi connectivity index (χ2v) is 6.66. The topological polar surface area (TPSA) is 72.6 Å². The number of nitrogens with zero attached hydrogens (tertiary/aromatic N) is 1. The van der Waals surface area contributed by atoms with E-state index in [2.05, 4.69) is 12.1 Å². The van der Waals surface area contributed by atoms with Crippen molar-refractivity contribution in [3.05, 3.63) is 65.2 Å². The van der Waals surface area contributed by atoms with Gasteiger partial charge in [0.05, 0.1) is 6.54 Å². The zero-order valence-corrected chi connectivity index (χ0v) is 13.9. The van der Waals surface area contributed by atoms with E-state index in [1.807, 2.05) is 18.2 Å². The van der Waals surface area contributed by atoms with Gasteiger partial charge in [0.15, 0.2) is 5.78 Å². The molecule has 0 bridgehead atoms. The van der Waals surface area contributed by atoms with E-state index in [1.165, 1.54) is 5.56 Å². The molecule has 0 unspecified atom stereocenters. The van der Waals surface area contributed by atoms with Gasteiger partial charge in [-0.15, -0.1) is 0 Å². The highest BCUT2D eigenvalue weighted by molar-refractivity contribution is 5.99. The summed E-state index contributed by atoms with van der Waals surface area (Å²) in [5.41, 5.74) is 9.41. The molecule has 1 amide bonds. The molecule has 1 saturated heterocycles. The Kier molecular flexibility index (Phi) is 4.01. The summed E-state index contributed by atoms with van der Waals surface area (Å²) in [6.07, 6.45) is 1.02. The van der Waals surface area contributed by atoms with Gasteiger partial charge in [-0.05, 0) is 29.7 Å². The van der Waals surface area contributed by atoms with Crippen LogP contribution >= 0.6 is 0 Å². The lowest BCUT2D eigenvalue weighted by molar-refractivity contribution is 0.0993. The molecular formula is C20H20N2O3. The molecule has 2 atom stereocenters. The molecule has 5 nitrogen and oxygen atoms in total. The van der Waals surface area contributed by atoms with Crippen molar-refractivity contribution in [1.29, 1.82) is 0 Å². The number of hydrogen-bond acceptors (Lipinski definition) is 4. The molecule has 1 saturated carbocycles. The number of rotatable bonds is 5. The third-order valence-electron chi connectivity index (χ3n) is 4.85. The highest BCUT2D eigenvalue weighted by atomic mass is 16.6. The number of ether oxygens (including phenoxy) is 1. The van der Waals surface area contributed by atoms with E-state index in [1.54, 1.807) is 23.1 Å². The Balaban J connectivity index is 1.46. The number of ketones is 1. The third-order valence-corrected chi connectivity index (χ3v) is 4.85. The number of hydrogen-bond donors (Lipinski definition) is 1. The lowest BCUT2D eigenvalue weighted by atomic mass is 10.0. The quantitative estimate of drug-likeness (QED) is 0.852. The highest BCUT2D eigenvalue weighted by Gasteiger charge is 2.34. The largest absolute Gasteiger partial charge is 0.447 e. The monoisotopic (exact) mass is 336 g/mol. The maximum Gasteiger partial charge on any atom is 0.414 e. The lowest BCUT2D eigenvalue weighted by Crippen LogP contribution is -2.23. The molecule has 0 spiro atoms. The summed E-state index contributed by atoms with van der Waals surface area (Å²) >= 11 is 0. The van der Waals surface area contributed by atoms with Gasteiger partial charge in [-0.25, -0.2) is 4.79 Å². The molecule has 1 heterocycles. The number of amides is 1. The van der Waals surface area contributed by atoms with E-state index in [9.17, 15) is 9.59 Å². The van der Waals surface area contributed by atoms with Crippen LogP contribution in [0, 0.1) is 0 Å². The second-order valence-electron chi connectivity index (χ2n) is 6.66. The van der Waals surface area contributed by atoms with Gasteiger partial charge < -0.3 is 10.5 Å². The van der Waals surface area contributed by atoms with Crippen molar-refractivity contribution in [3.63, 3.8) is 0 Å². The maximum atomic E-state index is 12.6. The Morgan fingerprint density at radius 2 is 1.96 bits per heavy atom. The van der Waals surface area contributed by atoms with Crippen LogP contribution in [-0.2, 0) is 11.2 Å². The third kappa shape index (κ3) is 3.28. The number of anilines is 1. The first kappa shape index (κ1) is 15.8. The fourth-order valence-corrected chi connectivity index (χ4v) is 3.24. The van der Waals surface area contributed by atoms with Crippen molar-refractivity contribution in [2.24, 2.45) is 5.73 Å². The molecule has 2 aromatic rings. The van der Waals surface area contributed by atoms with Crippen LogP contribution in [0.1, 0.15) is 33.8 Å². The van der Waals surface area contributed by atoms with E-state index in [0.717, 1.165) is 12.0 Å². The minimum absolute atomic E-state index is 0.0327. The van der Waals surface area contributed by atoms with Gasteiger partial charge in [-0.2, -0.15) is 0 Å². The summed E-state index contributed by atoms with van der Waals surface area (Å²) in [6, 6.07) is 15.6. The van der Waals surface area contributed by atoms with Gasteiger partial charge in [-0.1, -0.05) is 36.4 Å². The molecule has 1 aliphatic carbocycles. The average Bonchev–Trinajstić information content (AvgIpc) is 3.20. The van der Waals surface area contributed by atoms with Crippen LogP contribution in [0.4, 0.5) is 10.5 Å². The lowest BCUT2D eigenvalue weighted by Gasteiger charge is -2.13. The molecule has 5 heteroatoms. The van der Waals surface area contributed by atoms with Crippen molar-refractivity contribution in [3.8, 4) is 0 Å². The molecule has 2 N–H and O–H groups in total. The second kappa shape index (κ2) is 6.33. The summed E-state index contributed by atoms with van der Waals surface area (Å²) < 4.78 is 4.95. The first-order chi connectivity index (χ1) is 12.1. The van der Waals surface area contributed by atoms with Crippen molar-refractivity contribution in [2.45, 2.75) is 24.8 Å². The van der Waals surface area contributed by atoms with Gasteiger partial charge in [0, 0.05) is 29.6 Å². The van der Waals surface area contributed by atoms with Crippen LogP contribution in [0.25, 0.3) is 0 Å². The summed E-state index contributed by atoms with van der Waals surface area (Å²) in [6.45, 7) is 0.898. The van der Waals surface area contributed by atoms with E-state index < -0.39 is 0 Å². The van der Waals surface area contributed by atoms with Crippen molar-refractivity contribution >= 4 is 17.6 Å². The van der Waals surface area contributed by atoms with E-state index >= 15 is 0 Å². The zero-order valence-electron chi connectivity index (χ0n) is 13.9. The van der Waals surface area contributed by atoms with E-state index in [0.29, 0.717) is 36.7 Å². The van der Waals surface area contributed by atoms with E-state index in [4.69, 9.17) is 10.5 Å². The van der Waals surface area contributed by atoms with Crippen LogP contribution in [0.15, 0.2) is 48.5 Å². The standard InChI is InChI=1S/C20H20N2O3/c21-18-12-17(18)14-6-4-13(5-7-14)10-19(23)15-2-1-3-16(11-15)22-8-9-25-20(22)24/h1-7,11,17-18H,8-10,12,21H2/t17-,18+/m1/s1. The number of Topliss-reactive ketones (excluding diaryl/α,β-unsaturated/α-hetero) is 1. The van der Waals surface area contributed by atoms with Crippen LogP contribution < -0.4 is 10.6 Å². The number of nitrogens with two attached hydrogens (primary N) is 1. The minimum Gasteiger partial charge on any atom is -0.447 e. The Bertz CT molecular complexity index is 816. The summed E-state index contributed by atoms with van der Waals surface area (Å²) in [5.74, 6) is 0.506. The fraction of sp³-hybridized carbons (Fsp3) is 0.300. The number of benzene rings is 2. The Morgan fingerprint density at radius 3 is 2.60 bits per heavy atom. The van der Waals surface area contributed by atoms with Gasteiger partial charge in [-0.3, -0.25) is 9.69 Å². The summed E-state index contributed by atoms with van der Waals surface area (Å²) in [7, 11) is 0. The van der Waals surface area contributed by atoms with Crippen LogP contribution in [-0.4, -0.2) is 31.1 Å². The van der Waals surface area contributed by atoms with Crippen LogP contribution in [0.3, 0.4) is 0 Å². The SMILES string of the molecule is N[C@H]1C[C@@H]1c1ccc(CC(=O)c2cccc(N3CCOC3=O)c2)cc1. The molecule has 0 aromatic heterocycles. The van der Waals surface area contributed by atoms with Gasteiger partial charge in [0.25, 0.3) is 0 Å². The van der Waals surface area contributed by atoms with Gasteiger partial charge >= 0.3 is 6.09 Å². The first-order valence-electron chi connectivity index (χ1n) is 8.54. The molecule has 2 aliphatic rings. The Labute approximate surface area is 146 Å². The van der Waals surface area contributed by atoms with Crippen LogP contribution in [0.5, 0.6) is 0 Å². The molecule has 1 aliphatic heterocycles. The smallest absolute Gasteiger partial charge is 0.414 e. The normalized spacial score (nSPS) is 22.0. The van der Waals surface area contributed by atoms with E-state index in [-0.39, 0.29) is 17.9 Å². The predicted octanol–water partition coefficient (Wildman–Crippen LogP) is 2.88. The summed E-state index contributed by atoms with van der Waals surface area (Å²) in [5, 5.41) is 0. The average molecular weight is 336 g/mol. The molecule has 2 aromatic carbocycles. The molecule has 4 rings (SSSR count). The number of carbonyl (C=O) groups is 2. The number of cyclic esters (lactones) is 1. The zero-order chi connectivity index (χ0) is 17.4. The predicted molar refractivity (Wildman–Crippen MR) is 94.9 cm³/mol. The van der Waals surface area contributed by atoms with Gasteiger partial charge in [0.2, 0.25) is 0 Å². The number of carbonyl (C=O) groups excluding carboxylic acids is 2. The van der Waals surface area contributed by atoms with Crippen LogP contribution in [0.2, 0.25) is 0 Å². The maximum absolute atomic E-state index is 12.6.